The van der Waals surface area contributed by atoms with Gasteiger partial charge in [-0.25, -0.2) is 0 Å². The van der Waals surface area contributed by atoms with Gasteiger partial charge in [-0.1, -0.05) is 382 Å². The van der Waals surface area contributed by atoms with Gasteiger partial charge in [0.25, 0.3) is 0 Å². The first-order chi connectivity index (χ1) is 67.4. The number of benzene rings is 17. The van der Waals surface area contributed by atoms with Gasteiger partial charge < -0.3 is 29.9 Å². The molecule has 0 saturated heterocycles. The van der Waals surface area contributed by atoms with Gasteiger partial charge in [0.05, 0.1) is 24.2 Å². The smallest absolute Gasteiger partial charge is 0.0803 e. The van der Waals surface area contributed by atoms with Crippen molar-refractivity contribution in [3.05, 3.63) is 466 Å². The maximum absolute atomic E-state index is 4.95. The Morgan fingerprint density at radius 2 is 0.556 bits per heavy atom. The van der Waals surface area contributed by atoms with E-state index in [2.05, 4.69) is 404 Å². The zero-order valence-electron chi connectivity index (χ0n) is 82.7. The van der Waals surface area contributed by atoms with Crippen molar-refractivity contribution in [2.24, 2.45) is 5.92 Å². The molecule has 0 amide bonds. The summed E-state index contributed by atoms with van der Waals surface area (Å²) in [5.41, 5.74) is 21.8. The number of fused-ring (bicyclic) bond motifs is 18. The zero-order chi connectivity index (χ0) is 96.3. The third kappa shape index (κ3) is 23.8. The van der Waals surface area contributed by atoms with Gasteiger partial charge in [-0.15, -0.1) is 179 Å². The minimum atomic E-state index is -1.57. The first-order valence-corrected chi connectivity index (χ1v) is 58.5. The van der Waals surface area contributed by atoms with E-state index >= 15 is 0 Å². The van der Waals surface area contributed by atoms with E-state index in [0.29, 0.717) is 5.92 Å². The van der Waals surface area contributed by atoms with Crippen LogP contribution in [-0.2, 0) is 66.7 Å². The van der Waals surface area contributed by atoms with E-state index in [1.165, 1.54) is 140 Å². The fraction of sp³-hybridized carbons (Fsp3) is 0.123. The monoisotopic (exact) mass is 2420 g/mol. The quantitative estimate of drug-likeness (QED) is 0.0650. The molecule has 0 atom stereocenters. The van der Waals surface area contributed by atoms with E-state index in [1.807, 2.05) is 148 Å². The fourth-order valence-electron chi connectivity index (χ4n) is 18.6. The van der Waals surface area contributed by atoms with Crippen LogP contribution >= 0.6 is 0 Å². The van der Waals surface area contributed by atoms with Crippen LogP contribution in [0.2, 0.25) is 58.9 Å². The summed E-state index contributed by atoms with van der Waals surface area (Å²) in [5, 5.41) is 27.1. The van der Waals surface area contributed by atoms with Crippen molar-refractivity contribution in [2.45, 2.75) is 100.0 Å². The Hall–Kier alpha value is -13.4. The van der Waals surface area contributed by atoms with Crippen LogP contribution in [-0.4, -0.2) is 54.1 Å². The molecule has 23 rings (SSSR count). The van der Waals surface area contributed by atoms with E-state index < -0.39 is 24.2 Å². The third-order valence-corrected chi connectivity index (χ3v) is 31.6. The second-order valence-electron chi connectivity index (χ2n) is 39.2. The maximum Gasteiger partial charge on any atom is 0.0803 e. The van der Waals surface area contributed by atoms with E-state index in [0.717, 1.165) is 91.0 Å². The van der Waals surface area contributed by atoms with Gasteiger partial charge in [0.2, 0.25) is 0 Å². The molecule has 142 heavy (non-hydrogen) atoms. The Morgan fingerprint density at radius 3 is 0.908 bits per heavy atom. The van der Waals surface area contributed by atoms with E-state index in [-0.39, 0.29) is 60.3 Å². The predicted molar refractivity (Wildman–Crippen MR) is 601 cm³/mol. The van der Waals surface area contributed by atoms with Crippen LogP contribution in [0, 0.1) is 63.1 Å². The molecule has 0 saturated carbocycles. The van der Waals surface area contributed by atoms with E-state index in [9.17, 15) is 0 Å². The van der Waals surface area contributed by atoms with Crippen molar-refractivity contribution in [2.75, 3.05) is 0 Å². The van der Waals surface area contributed by atoms with Crippen molar-refractivity contribution in [3.63, 3.8) is 0 Å². The number of rotatable bonds is 13. The molecule has 6 aromatic heterocycles. The van der Waals surface area contributed by atoms with Gasteiger partial charge in [0, 0.05) is 96.0 Å². The molecular formula is C130H112Ir3N6Si3-6. The number of aryl methyl sites for hydroxylation is 3. The minimum absolute atomic E-state index is 0. The van der Waals surface area contributed by atoms with Crippen molar-refractivity contribution in [1.82, 2.24) is 29.9 Å². The van der Waals surface area contributed by atoms with Crippen LogP contribution in [0.25, 0.3) is 187 Å². The van der Waals surface area contributed by atoms with Gasteiger partial charge in [0.15, 0.2) is 0 Å². The molecular weight excluding hydrogens is 2310 g/mol. The molecule has 0 aliphatic heterocycles. The Labute approximate surface area is 880 Å². The summed E-state index contributed by atoms with van der Waals surface area (Å²) >= 11 is 0. The molecule has 0 unspecified atom stereocenters. The summed E-state index contributed by atoms with van der Waals surface area (Å²) in [6.07, 6.45) is 7.41. The summed E-state index contributed by atoms with van der Waals surface area (Å²) in [6, 6.07) is 156. The molecule has 6 heterocycles. The Balaban J connectivity index is 0.000000134. The summed E-state index contributed by atoms with van der Waals surface area (Å²) < 4.78 is 0. The number of nitrogens with zero attached hydrogens (tertiary/aromatic N) is 6. The second kappa shape index (κ2) is 46.1. The molecule has 12 heteroatoms. The molecule has 23 aromatic rings. The van der Waals surface area contributed by atoms with Gasteiger partial charge in [-0.2, -0.15) is 0 Å². The largest absolute Gasteiger partial charge is 0.305 e. The Morgan fingerprint density at radius 1 is 0.232 bits per heavy atom. The summed E-state index contributed by atoms with van der Waals surface area (Å²) in [5.74, 6) is 0.622. The van der Waals surface area contributed by atoms with E-state index in [4.69, 9.17) is 15.0 Å². The van der Waals surface area contributed by atoms with Crippen molar-refractivity contribution < 1.29 is 60.3 Å². The normalized spacial score (nSPS) is 11.2. The Kier molecular flexibility index (Phi) is 33.4. The molecule has 707 valence electrons. The number of hydrogen-bond donors (Lipinski definition) is 0. The van der Waals surface area contributed by atoms with Gasteiger partial charge in [-0.3, -0.25) is 0 Å². The van der Waals surface area contributed by atoms with Crippen LogP contribution < -0.4 is 15.6 Å². The third-order valence-electron chi connectivity index (χ3n) is 25.5. The number of aromatic nitrogens is 6. The second-order valence-corrected chi connectivity index (χ2v) is 54.3. The fourth-order valence-corrected chi connectivity index (χ4v) is 22.7. The molecule has 0 N–H and O–H groups in total. The molecule has 0 aliphatic carbocycles. The topological polar surface area (TPSA) is 77.3 Å². The van der Waals surface area contributed by atoms with Crippen molar-refractivity contribution >= 4 is 137 Å². The van der Waals surface area contributed by atoms with Crippen molar-refractivity contribution in [3.8, 4) is 89.8 Å². The minimum Gasteiger partial charge on any atom is -0.305 e. The van der Waals surface area contributed by atoms with Crippen molar-refractivity contribution in [1.29, 1.82) is 0 Å². The molecule has 0 aliphatic rings. The van der Waals surface area contributed by atoms with Crippen LogP contribution in [0.4, 0.5) is 0 Å². The predicted octanol–water partition coefficient (Wildman–Crippen LogP) is 32.8. The molecule has 6 nitrogen and oxygen atoms in total. The standard InChI is InChI=1S/2C32H26NSi.C30H30NSi.3C12H10N.3Ir/c1-34(2,3)32-21-33-31(20-29(32)22-11-5-4-6-12-22)23-17-18-28-26-15-8-7-13-24(26)25-14-9-10-16-27(25)30(28)19-23;1-34(2,3)25-15-18-32(33-21-25)24-14-17-29-27-12-8-7-11-26(27)28-16-13-23(19-30(28)31(29)20-24)22-9-5-4-6-10-22;1-20(2)16-22-18-29(31-19-30(22)32(3,4)5)21-14-15-27-25-12-7-6-10-23(25)24-11-8-9-13-26(24)28(27)17-21;3*1-10-6-5-9-12(13-10)11-7-3-2-4-8-11;;;/h4-16,18-21H,1-3H3;4-13,15-21H,1-3H3;6-13,15,17-20H,16H2,1-5H3;3*2-7,9H,1H3;;;/q6*-1;;;. The van der Waals surface area contributed by atoms with Crippen LogP contribution in [0.3, 0.4) is 0 Å². The number of hydrogen-bond acceptors (Lipinski definition) is 6. The molecule has 0 fully saturated rings. The number of pyridine rings is 6. The zero-order valence-corrected chi connectivity index (χ0v) is 92.8. The van der Waals surface area contributed by atoms with Gasteiger partial charge in [-0.05, 0) is 178 Å². The molecule has 3 radical (unpaired) electrons. The maximum atomic E-state index is 4.95. The molecule has 0 spiro atoms. The summed E-state index contributed by atoms with van der Waals surface area (Å²) in [4.78, 5) is 28.0. The first kappa shape index (κ1) is 103. The van der Waals surface area contributed by atoms with Crippen LogP contribution in [0.15, 0.2) is 407 Å². The average Bonchev–Trinajstić information content (AvgIpc) is 0.751. The first-order valence-electron chi connectivity index (χ1n) is 48.0. The van der Waals surface area contributed by atoms with Crippen LogP contribution in [0.1, 0.15) is 36.5 Å². The molecule has 17 aromatic carbocycles. The summed E-state index contributed by atoms with van der Waals surface area (Å²) in [6.45, 7) is 32.0. The van der Waals surface area contributed by atoms with Gasteiger partial charge >= 0.3 is 0 Å². The Bertz CT molecular complexity index is 8080. The molecule has 0 bridgehead atoms. The SMILES string of the molecule is CC(C)Cc1cc(-c2[c-]cc3c4ccccc4c4ccccc4c3c2)ncc1[Si](C)(C)C.C[Si](C)(C)c1ccc(-c2[c-]cc3c4ccccc4c4ccc(-c5ccccc5)cc4c3c2)nc1.C[Si](C)(C)c1cnc(-c2[c-]cc3c4ccccc4c4ccccc4c3c2)cc1-c1ccccc1.Cc1cccc(-c2[c-]cccc2)n1.Cc1cccc(-c2[c-]cccc2)n1.Cc1cccc(-c2[c-]cccc2)n1.[Ir].[Ir].[Ir]. The van der Waals surface area contributed by atoms with Crippen LogP contribution in [0.5, 0.6) is 0 Å². The van der Waals surface area contributed by atoms with E-state index in [1.54, 1.807) is 0 Å². The summed E-state index contributed by atoms with van der Waals surface area (Å²) in [7, 11) is -4.40. The average molecular weight is 2420 g/mol. The van der Waals surface area contributed by atoms with Gasteiger partial charge in [0.1, 0.15) is 0 Å².